The van der Waals surface area contributed by atoms with Crippen LogP contribution in [0.25, 0.3) is 0 Å². The van der Waals surface area contributed by atoms with Gasteiger partial charge < -0.3 is 19.9 Å². The summed E-state index contributed by atoms with van der Waals surface area (Å²) in [6.07, 6.45) is 1.22. The molecule has 2 fully saturated rings. The van der Waals surface area contributed by atoms with E-state index in [0.29, 0.717) is 24.1 Å². The molecule has 2 aliphatic heterocycles. The summed E-state index contributed by atoms with van der Waals surface area (Å²) in [6, 6.07) is 16.2. The maximum atomic E-state index is 12.6. The van der Waals surface area contributed by atoms with Gasteiger partial charge in [0.15, 0.2) is 0 Å². The molecule has 1 atom stereocenters. The predicted octanol–water partition coefficient (Wildman–Crippen LogP) is 3.80. The van der Waals surface area contributed by atoms with Gasteiger partial charge in [0, 0.05) is 62.2 Å². The summed E-state index contributed by atoms with van der Waals surface area (Å²) in [5, 5.41) is 3.00. The van der Waals surface area contributed by atoms with Crippen molar-refractivity contribution in [1.82, 2.24) is 9.80 Å². The number of ether oxygens (including phenoxy) is 1. The molecule has 0 saturated carbocycles. The monoisotopic (exact) mass is 436 g/mol. The number of piperazine rings is 1. The summed E-state index contributed by atoms with van der Waals surface area (Å²) in [5.41, 5.74) is 2.67. The van der Waals surface area contributed by atoms with Crippen molar-refractivity contribution in [2.75, 3.05) is 63.1 Å². The Balaban J connectivity index is 1.29. The summed E-state index contributed by atoms with van der Waals surface area (Å²) in [5.74, 6) is 1.16. The molecule has 172 valence electrons. The van der Waals surface area contributed by atoms with E-state index in [0.717, 1.165) is 24.5 Å². The van der Waals surface area contributed by atoms with Crippen LogP contribution in [0.2, 0.25) is 0 Å². The Morgan fingerprint density at radius 3 is 2.34 bits per heavy atom. The molecule has 1 N–H and O–H groups in total. The molecule has 0 radical (unpaired) electrons. The number of carbonyl (C=O) groups is 1. The predicted molar refractivity (Wildman–Crippen MR) is 131 cm³/mol. The van der Waals surface area contributed by atoms with Crippen LogP contribution in [0.3, 0.4) is 0 Å². The molecular formula is C26H36N4O2. The lowest BCUT2D eigenvalue weighted by Gasteiger charge is -2.36. The molecule has 2 aliphatic rings. The number of anilines is 2. The van der Waals surface area contributed by atoms with E-state index in [1.165, 1.54) is 38.3 Å². The standard InChI is InChI=1S/C26H36N4O2/c1-20(2)19-32-25-10-4-21(5-11-25)26(31)27-22-6-8-23(9-7-22)30-13-12-24(18-30)29-16-14-28(3)15-17-29/h4-11,20,24H,12-19H2,1-3H3,(H,27,31). The molecule has 1 unspecified atom stereocenters. The minimum Gasteiger partial charge on any atom is -0.493 e. The minimum atomic E-state index is -0.107. The molecule has 4 rings (SSSR count). The lowest BCUT2D eigenvalue weighted by Crippen LogP contribution is -2.49. The van der Waals surface area contributed by atoms with Crippen LogP contribution in [0.15, 0.2) is 48.5 Å². The quantitative estimate of drug-likeness (QED) is 0.715. The van der Waals surface area contributed by atoms with Crippen LogP contribution in [0.4, 0.5) is 11.4 Å². The van der Waals surface area contributed by atoms with Gasteiger partial charge in [0.2, 0.25) is 0 Å². The fraction of sp³-hybridized carbons (Fsp3) is 0.500. The van der Waals surface area contributed by atoms with Gasteiger partial charge in [0.25, 0.3) is 5.91 Å². The van der Waals surface area contributed by atoms with E-state index in [1.54, 1.807) is 0 Å². The van der Waals surface area contributed by atoms with Crippen molar-refractivity contribution in [1.29, 1.82) is 0 Å². The molecule has 0 spiro atoms. The van der Waals surface area contributed by atoms with Crippen LogP contribution < -0.4 is 15.0 Å². The van der Waals surface area contributed by atoms with Gasteiger partial charge in [-0.3, -0.25) is 9.69 Å². The summed E-state index contributed by atoms with van der Waals surface area (Å²) in [7, 11) is 2.20. The molecule has 0 bridgehead atoms. The maximum absolute atomic E-state index is 12.6. The second-order valence-electron chi connectivity index (χ2n) is 9.46. The molecule has 32 heavy (non-hydrogen) atoms. The molecule has 1 amide bonds. The highest BCUT2D eigenvalue weighted by Crippen LogP contribution is 2.25. The van der Waals surface area contributed by atoms with Gasteiger partial charge >= 0.3 is 0 Å². The van der Waals surface area contributed by atoms with Crippen LogP contribution in [-0.4, -0.2) is 74.7 Å². The van der Waals surface area contributed by atoms with Gasteiger partial charge in [-0.2, -0.15) is 0 Å². The normalized spacial score (nSPS) is 20.0. The van der Waals surface area contributed by atoms with Crippen molar-refractivity contribution in [2.24, 2.45) is 5.92 Å². The van der Waals surface area contributed by atoms with Crippen LogP contribution >= 0.6 is 0 Å². The van der Waals surface area contributed by atoms with Crippen molar-refractivity contribution >= 4 is 17.3 Å². The van der Waals surface area contributed by atoms with Gasteiger partial charge in [0.1, 0.15) is 5.75 Å². The number of rotatable bonds is 7. The van der Waals surface area contributed by atoms with Crippen molar-refractivity contribution in [2.45, 2.75) is 26.3 Å². The Hall–Kier alpha value is -2.57. The average molecular weight is 437 g/mol. The molecule has 2 aromatic rings. The number of hydrogen-bond acceptors (Lipinski definition) is 5. The number of nitrogens with zero attached hydrogens (tertiary/aromatic N) is 3. The number of benzene rings is 2. The van der Waals surface area contributed by atoms with E-state index in [9.17, 15) is 4.79 Å². The highest BCUT2D eigenvalue weighted by molar-refractivity contribution is 6.04. The lowest BCUT2D eigenvalue weighted by atomic mass is 10.2. The van der Waals surface area contributed by atoms with E-state index in [1.807, 2.05) is 36.4 Å². The van der Waals surface area contributed by atoms with E-state index in [4.69, 9.17) is 4.74 Å². The van der Waals surface area contributed by atoms with Crippen LogP contribution in [0, 0.1) is 5.92 Å². The zero-order valence-electron chi connectivity index (χ0n) is 19.6. The summed E-state index contributed by atoms with van der Waals surface area (Å²) in [6.45, 7) is 11.7. The fourth-order valence-corrected chi connectivity index (χ4v) is 4.39. The fourth-order valence-electron chi connectivity index (χ4n) is 4.39. The first-order valence-electron chi connectivity index (χ1n) is 11.8. The maximum Gasteiger partial charge on any atom is 0.255 e. The number of likely N-dealkylation sites (N-methyl/N-ethyl adjacent to an activating group) is 1. The molecule has 0 aliphatic carbocycles. The molecule has 6 heteroatoms. The van der Waals surface area contributed by atoms with E-state index in [-0.39, 0.29) is 5.91 Å². The van der Waals surface area contributed by atoms with Crippen molar-refractivity contribution in [3.63, 3.8) is 0 Å². The third-order valence-electron chi connectivity index (χ3n) is 6.41. The van der Waals surface area contributed by atoms with Crippen LogP contribution in [0.1, 0.15) is 30.6 Å². The van der Waals surface area contributed by atoms with Crippen LogP contribution in [-0.2, 0) is 0 Å². The Morgan fingerprint density at radius 2 is 1.69 bits per heavy atom. The molecule has 6 nitrogen and oxygen atoms in total. The van der Waals surface area contributed by atoms with Crippen molar-refractivity contribution in [3.05, 3.63) is 54.1 Å². The minimum absolute atomic E-state index is 0.107. The first kappa shape index (κ1) is 22.6. The number of carbonyl (C=O) groups excluding carboxylic acids is 1. The number of amides is 1. The molecule has 0 aromatic heterocycles. The third-order valence-corrected chi connectivity index (χ3v) is 6.41. The zero-order chi connectivity index (χ0) is 22.5. The number of hydrogen-bond donors (Lipinski definition) is 1. The highest BCUT2D eigenvalue weighted by Gasteiger charge is 2.29. The second-order valence-corrected chi connectivity index (χ2v) is 9.46. The topological polar surface area (TPSA) is 48.1 Å². The van der Waals surface area contributed by atoms with Gasteiger partial charge in [-0.05, 0) is 67.9 Å². The van der Waals surface area contributed by atoms with E-state index >= 15 is 0 Å². The molecule has 2 saturated heterocycles. The summed E-state index contributed by atoms with van der Waals surface area (Å²) in [4.78, 5) is 20.1. The van der Waals surface area contributed by atoms with Crippen molar-refractivity contribution in [3.8, 4) is 5.75 Å². The SMILES string of the molecule is CC(C)COc1ccc(C(=O)Nc2ccc(N3CCC(N4CCN(C)CC4)C3)cc2)cc1. The van der Waals surface area contributed by atoms with Gasteiger partial charge in [0.05, 0.1) is 6.61 Å². The first-order valence-corrected chi connectivity index (χ1v) is 11.8. The first-order chi connectivity index (χ1) is 15.5. The lowest BCUT2D eigenvalue weighted by molar-refractivity contribution is 0.102. The molecular weight excluding hydrogens is 400 g/mol. The summed E-state index contributed by atoms with van der Waals surface area (Å²) < 4.78 is 5.69. The van der Waals surface area contributed by atoms with Gasteiger partial charge in [-0.15, -0.1) is 0 Å². The zero-order valence-corrected chi connectivity index (χ0v) is 19.6. The average Bonchev–Trinajstić information content (AvgIpc) is 3.29. The van der Waals surface area contributed by atoms with Gasteiger partial charge in [-0.1, -0.05) is 13.8 Å². The van der Waals surface area contributed by atoms with E-state index < -0.39 is 0 Å². The Labute approximate surface area is 192 Å². The molecule has 2 heterocycles. The van der Waals surface area contributed by atoms with E-state index in [2.05, 4.69) is 53.0 Å². The highest BCUT2D eigenvalue weighted by atomic mass is 16.5. The molecule has 2 aromatic carbocycles. The smallest absolute Gasteiger partial charge is 0.255 e. The Kier molecular flexibility index (Phi) is 7.33. The summed E-state index contributed by atoms with van der Waals surface area (Å²) >= 11 is 0. The van der Waals surface area contributed by atoms with Gasteiger partial charge in [-0.25, -0.2) is 0 Å². The third kappa shape index (κ3) is 5.81. The second kappa shape index (κ2) is 10.4. The Bertz CT molecular complexity index is 874. The van der Waals surface area contributed by atoms with Crippen molar-refractivity contribution < 1.29 is 9.53 Å². The number of nitrogens with one attached hydrogen (secondary N) is 1. The van der Waals surface area contributed by atoms with Crippen LogP contribution in [0.5, 0.6) is 5.75 Å². The largest absolute Gasteiger partial charge is 0.493 e. The Morgan fingerprint density at radius 1 is 1.00 bits per heavy atom.